The van der Waals surface area contributed by atoms with Crippen LogP contribution < -0.4 is 5.32 Å². The van der Waals surface area contributed by atoms with Crippen LogP contribution in [0.15, 0.2) is 97.2 Å². The molecule has 0 aliphatic heterocycles. The van der Waals surface area contributed by atoms with Gasteiger partial charge in [0.25, 0.3) is 5.91 Å². The van der Waals surface area contributed by atoms with E-state index in [0.717, 1.165) is 64.6 Å². The number of carbonyl (C=O) groups is 2. The summed E-state index contributed by atoms with van der Waals surface area (Å²) in [6, 6.07) is 29.3. The van der Waals surface area contributed by atoms with Crippen LogP contribution in [0.3, 0.4) is 0 Å². The number of nitrogens with one attached hydrogen (secondary N) is 1. The third kappa shape index (κ3) is 5.73. The van der Waals surface area contributed by atoms with Gasteiger partial charge in [0.2, 0.25) is 0 Å². The Bertz CT molecular complexity index is 1970. The van der Waals surface area contributed by atoms with Crippen LogP contribution in [0.1, 0.15) is 63.0 Å². The number of hydrogen-bond donors (Lipinski definition) is 2. The Labute approximate surface area is 256 Å². The molecule has 0 bridgehead atoms. The number of amides is 1. The molecule has 0 spiro atoms. The molecule has 222 valence electrons. The van der Waals surface area contributed by atoms with Crippen LogP contribution in [-0.4, -0.2) is 37.6 Å². The fourth-order valence-electron chi connectivity index (χ4n) is 5.96. The van der Waals surface area contributed by atoms with E-state index in [9.17, 15) is 14.7 Å². The molecular formula is C37H36N4O3. The maximum absolute atomic E-state index is 13.3. The van der Waals surface area contributed by atoms with Crippen LogP contribution in [0.5, 0.6) is 0 Å². The lowest BCUT2D eigenvalue weighted by Gasteiger charge is -2.13. The third-order valence-electron chi connectivity index (χ3n) is 8.23. The molecule has 7 heteroatoms. The number of carboxylic acids is 1. The van der Waals surface area contributed by atoms with Gasteiger partial charge < -0.3 is 19.6 Å². The predicted molar refractivity (Wildman–Crippen MR) is 175 cm³/mol. The molecule has 4 aromatic carbocycles. The van der Waals surface area contributed by atoms with Crippen molar-refractivity contribution in [1.29, 1.82) is 0 Å². The van der Waals surface area contributed by atoms with Crippen LogP contribution in [-0.2, 0) is 19.4 Å². The molecule has 0 radical (unpaired) electrons. The maximum atomic E-state index is 13.3. The van der Waals surface area contributed by atoms with Gasteiger partial charge in [-0.15, -0.1) is 0 Å². The Kier molecular flexibility index (Phi) is 8.28. The van der Waals surface area contributed by atoms with Gasteiger partial charge in [0.1, 0.15) is 5.82 Å². The topological polar surface area (TPSA) is 89.2 Å². The Morgan fingerprint density at radius 1 is 0.886 bits per heavy atom. The minimum atomic E-state index is -0.959. The second-order valence-corrected chi connectivity index (χ2v) is 11.2. The molecule has 1 amide bonds. The monoisotopic (exact) mass is 584 g/mol. The molecule has 0 saturated heterocycles. The van der Waals surface area contributed by atoms with Crippen molar-refractivity contribution in [3.8, 4) is 5.69 Å². The van der Waals surface area contributed by atoms with E-state index in [4.69, 9.17) is 4.98 Å². The standard InChI is InChI=1S/C37H36N4O3/c1-3-4-17-34-39-35-25(2)22-28(36(42)38-20-18-26-11-6-5-7-12-26)23-33(35)41(34)24-27-13-10-16-31-29(27)19-21-40(31)32-15-9-8-14-30(32)37(43)44/h5-16,19,21-23H,3-4,17-18,20,24H2,1-2H3,(H,38,42)(H,43,44). The summed E-state index contributed by atoms with van der Waals surface area (Å²) in [5, 5.41) is 13.9. The van der Waals surface area contributed by atoms with Crippen molar-refractivity contribution in [1.82, 2.24) is 19.4 Å². The fraction of sp³-hybridized carbons (Fsp3) is 0.216. The van der Waals surface area contributed by atoms with Gasteiger partial charge in [-0.2, -0.15) is 0 Å². The minimum Gasteiger partial charge on any atom is -0.478 e. The first-order chi connectivity index (χ1) is 21.4. The lowest BCUT2D eigenvalue weighted by atomic mass is 10.1. The molecule has 7 nitrogen and oxygen atoms in total. The van der Waals surface area contributed by atoms with Crippen molar-refractivity contribution in [2.75, 3.05) is 6.54 Å². The first-order valence-corrected chi connectivity index (χ1v) is 15.2. The van der Waals surface area contributed by atoms with Crippen LogP contribution in [0.4, 0.5) is 0 Å². The van der Waals surface area contributed by atoms with Gasteiger partial charge >= 0.3 is 5.97 Å². The second kappa shape index (κ2) is 12.6. The predicted octanol–water partition coefficient (Wildman–Crippen LogP) is 7.35. The summed E-state index contributed by atoms with van der Waals surface area (Å²) < 4.78 is 4.18. The molecule has 2 heterocycles. The summed E-state index contributed by atoms with van der Waals surface area (Å²) in [6.07, 6.45) is 5.61. The Morgan fingerprint density at radius 3 is 2.48 bits per heavy atom. The van der Waals surface area contributed by atoms with E-state index in [1.54, 1.807) is 12.1 Å². The van der Waals surface area contributed by atoms with Crippen molar-refractivity contribution in [2.24, 2.45) is 0 Å². The molecular weight excluding hydrogens is 548 g/mol. The number of fused-ring (bicyclic) bond motifs is 2. The number of nitrogens with zero attached hydrogens (tertiary/aromatic N) is 3. The highest BCUT2D eigenvalue weighted by Gasteiger charge is 2.19. The molecule has 0 saturated carbocycles. The molecule has 44 heavy (non-hydrogen) atoms. The summed E-state index contributed by atoms with van der Waals surface area (Å²) in [4.78, 5) is 30.3. The van der Waals surface area contributed by atoms with E-state index in [1.165, 1.54) is 5.56 Å². The van der Waals surface area contributed by atoms with Crippen LogP contribution in [0, 0.1) is 6.92 Å². The average Bonchev–Trinajstić information content (AvgIpc) is 3.63. The molecule has 2 N–H and O–H groups in total. The minimum absolute atomic E-state index is 0.0925. The van der Waals surface area contributed by atoms with Crippen molar-refractivity contribution < 1.29 is 14.7 Å². The number of para-hydroxylation sites is 1. The second-order valence-electron chi connectivity index (χ2n) is 11.2. The number of rotatable bonds is 11. The first-order valence-electron chi connectivity index (χ1n) is 15.2. The Morgan fingerprint density at radius 2 is 1.68 bits per heavy atom. The highest BCUT2D eigenvalue weighted by atomic mass is 16.4. The lowest BCUT2D eigenvalue weighted by Crippen LogP contribution is -2.25. The van der Waals surface area contributed by atoms with Gasteiger partial charge in [-0.1, -0.05) is 67.9 Å². The summed E-state index contributed by atoms with van der Waals surface area (Å²) in [7, 11) is 0. The number of aryl methyl sites for hydroxylation is 2. The highest BCUT2D eigenvalue weighted by Crippen LogP contribution is 2.29. The van der Waals surface area contributed by atoms with E-state index < -0.39 is 5.97 Å². The van der Waals surface area contributed by atoms with Gasteiger partial charge in [0.15, 0.2) is 0 Å². The maximum Gasteiger partial charge on any atom is 0.337 e. The number of carbonyl (C=O) groups excluding carboxylic acids is 1. The average molecular weight is 585 g/mol. The molecule has 0 aliphatic rings. The summed E-state index contributed by atoms with van der Waals surface area (Å²) in [5.74, 6) is -0.0522. The van der Waals surface area contributed by atoms with E-state index in [2.05, 4.69) is 35.0 Å². The van der Waals surface area contributed by atoms with Gasteiger partial charge in [0.05, 0.1) is 34.3 Å². The van der Waals surface area contributed by atoms with Gasteiger partial charge in [-0.3, -0.25) is 4.79 Å². The molecule has 0 unspecified atom stereocenters. The lowest BCUT2D eigenvalue weighted by molar-refractivity contribution is 0.0696. The van der Waals surface area contributed by atoms with Crippen LogP contribution >= 0.6 is 0 Å². The zero-order valence-corrected chi connectivity index (χ0v) is 25.1. The quantitative estimate of drug-likeness (QED) is 0.167. The summed E-state index contributed by atoms with van der Waals surface area (Å²) in [6.45, 7) is 5.33. The summed E-state index contributed by atoms with van der Waals surface area (Å²) >= 11 is 0. The van der Waals surface area contributed by atoms with Gasteiger partial charge in [0, 0.05) is 30.1 Å². The van der Waals surface area contributed by atoms with E-state index in [0.29, 0.717) is 24.3 Å². The Balaban J connectivity index is 1.36. The normalized spacial score (nSPS) is 11.3. The number of imidazole rings is 1. The zero-order chi connectivity index (χ0) is 30.6. The number of aromatic nitrogens is 3. The molecule has 6 rings (SSSR count). The number of carboxylic acid groups (broad SMARTS) is 1. The van der Waals surface area contributed by atoms with Crippen molar-refractivity contribution in [3.05, 3.63) is 131 Å². The molecule has 0 atom stereocenters. The van der Waals surface area contributed by atoms with Crippen LogP contribution in [0.25, 0.3) is 27.6 Å². The molecule has 0 fully saturated rings. The van der Waals surface area contributed by atoms with E-state index >= 15 is 0 Å². The molecule has 2 aromatic heterocycles. The fourth-order valence-corrected chi connectivity index (χ4v) is 5.96. The van der Waals surface area contributed by atoms with E-state index in [1.807, 2.05) is 78.4 Å². The first kappa shape index (κ1) is 28.9. The van der Waals surface area contributed by atoms with E-state index in [-0.39, 0.29) is 11.5 Å². The molecule has 0 aliphatic carbocycles. The smallest absolute Gasteiger partial charge is 0.337 e. The summed E-state index contributed by atoms with van der Waals surface area (Å²) in [5.41, 5.74) is 7.56. The number of aromatic carboxylic acids is 1. The Hall–Kier alpha value is -5.17. The third-order valence-corrected chi connectivity index (χ3v) is 8.23. The number of hydrogen-bond acceptors (Lipinski definition) is 3. The van der Waals surface area contributed by atoms with Crippen LogP contribution in [0.2, 0.25) is 0 Å². The van der Waals surface area contributed by atoms with Gasteiger partial charge in [-0.05, 0) is 72.9 Å². The highest BCUT2D eigenvalue weighted by molar-refractivity contribution is 5.98. The van der Waals surface area contributed by atoms with Crippen molar-refractivity contribution >= 4 is 33.8 Å². The van der Waals surface area contributed by atoms with Crippen molar-refractivity contribution in [3.63, 3.8) is 0 Å². The number of benzene rings is 4. The largest absolute Gasteiger partial charge is 0.478 e. The zero-order valence-electron chi connectivity index (χ0n) is 25.1. The van der Waals surface area contributed by atoms with Crippen molar-refractivity contribution in [2.45, 2.75) is 46.1 Å². The van der Waals surface area contributed by atoms with Gasteiger partial charge in [-0.25, -0.2) is 9.78 Å². The molecule has 6 aromatic rings. The number of unbranched alkanes of at least 4 members (excludes halogenated alkanes) is 1. The SMILES string of the molecule is CCCCc1nc2c(C)cc(C(=O)NCCc3ccccc3)cc2n1Cc1cccc2c1ccn2-c1ccccc1C(=O)O.